The SMILES string of the molecule is COc1ccc(-c2cc(N3CCN(C(=O)C4CN(c5cc(-c6ccccc6)ncn5)C4)CC3)ncn2)cc1. The Morgan fingerprint density at radius 1 is 0.737 bits per heavy atom. The Bertz CT molecular complexity index is 1400. The smallest absolute Gasteiger partial charge is 0.229 e. The summed E-state index contributed by atoms with van der Waals surface area (Å²) in [7, 11) is 1.66. The maximum atomic E-state index is 13.2. The largest absolute Gasteiger partial charge is 0.497 e. The average Bonchev–Trinajstić information content (AvgIpc) is 2.97. The Morgan fingerprint density at radius 3 is 1.92 bits per heavy atom. The molecule has 2 aliphatic rings. The third kappa shape index (κ3) is 4.87. The lowest BCUT2D eigenvalue weighted by Gasteiger charge is -2.43. The summed E-state index contributed by atoms with van der Waals surface area (Å²) < 4.78 is 5.25. The second-order valence-electron chi connectivity index (χ2n) is 9.53. The number of rotatable bonds is 6. The summed E-state index contributed by atoms with van der Waals surface area (Å²) in [6.07, 6.45) is 3.20. The standard InChI is InChI=1S/C29H29N7O2/c1-38-24-9-7-22(8-10-24)26-15-27(32-19-31-26)34-11-13-35(14-12-34)29(37)23-17-36(18-23)28-16-25(30-20-33-28)21-5-3-2-4-6-21/h2-10,15-16,19-20,23H,11-14,17-18H2,1H3. The molecule has 0 spiro atoms. The maximum absolute atomic E-state index is 13.2. The van der Waals surface area contributed by atoms with Gasteiger partial charge in [-0.25, -0.2) is 19.9 Å². The molecule has 0 N–H and O–H groups in total. The van der Waals surface area contributed by atoms with Crippen LogP contribution in [0.3, 0.4) is 0 Å². The lowest BCUT2D eigenvalue weighted by Crippen LogP contribution is -2.58. The summed E-state index contributed by atoms with van der Waals surface area (Å²) in [4.78, 5) is 37.3. The van der Waals surface area contributed by atoms with Gasteiger partial charge >= 0.3 is 0 Å². The summed E-state index contributed by atoms with van der Waals surface area (Å²) in [6, 6.07) is 21.9. The van der Waals surface area contributed by atoms with E-state index in [4.69, 9.17) is 4.74 Å². The van der Waals surface area contributed by atoms with Gasteiger partial charge in [-0.05, 0) is 24.3 Å². The highest BCUT2D eigenvalue weighted by Gasteiger charge is 2.37. The van der Waals surface area contributed by atoms with E-state index in [1.54, 1.807) is 19.8 Å². The van der Waals surface area contributed by atoms with Crippen molar-refractivity contribution in [2.75, 3.05) is 56.2 Å². The number of nitrogens with zero attached hydrogens (tertiary/aromatic N) is 7. The van der Waals surface area contributed by atoms with Gasteiger partial charge in [-0.1, -0.05) is 30.3 Å². The highest BCUT2D eigenvalue weighted by Crippen LogP contribution is 2.28. The Kier molecular flexibility index (Phi) is 6.56. The number of amides is 1. The zero-order chi connectivity index (χ0) is 25.9. The molecule has 2 aliphatic heterocycles. The van der Waals surface area contributed by atoms with Crippen LogP contribution in [0.25, 0.3) is 22.5 Å². The van der Waals surface area contributed by atoms with E-state index in [9.17, 15) is 4.79 Å². The zero-order valence-electron chi connectivity index (χ0n) is 21.3. The average molecular weight is 508 g/mol. The van der Waals surface area contributed by atoms with Gasteiger partial charge in [-0.15, -0.1) is 0 Å². The van der Waals surface area contributed by atoms with Crippen LogP contribution in [0.1, 0.15) is 0 Å². The summed E-state index contributed by atoms with van der Waals surface area (Å²) >= 11 is 0. The van der Waals surface area contributed by atoms with Crippen molar-refractivity contribution in [2.45, 2.75) is 0 Å². The Morgan fingerprint density at radius 2 is 1.32 bits per heavy atom. The number of anilines is 2. The van der Waals surface area contributed by atoms with Gasteiger partial charge in [0.1, 0.15) is 30.0 Å². The van der Waals surface area contributed by atoms with Crippen LogP contribution in [0, 0.1) is 5.92 Å². The summed E-state index contributed by atoms with van der Waals surface area (Å²) in [6.45, 7) is 4.22. The molecule has 9 heteroatoms. The maximum Gasteiger partial charge on any atom is 0.229 e. The molecule has 0 bridgehead atoms. The molecule has 6 rings (SSSR count). The number of carbonyl (C=O) groups is 1. The monoisotopic (exact) mass is 507 g/mol. The van der Waals surface area contributed by atoms with Crippen molar-refractivity contribution in [3.63, 3.8) is 0 Å². The quantitative estimate of drug-likeness (QED) is 0.393. The van der Waals surface area contributed by atoms with E-state index in [0.717, 1.165) is 53.0 Å². The molecule has 0 aliphatic carbocycles. The Balaban J connectivity index is 1.03. The molecule has 0 atom stereocenters. The van der Waals surface area contributed by atoms with Crippen LogP contribution in [-0.4, -0.2) is 77.1 Å². The van der Waals surface area contributed by atoms with E-state index in [1.165, 1.54) is 0 Å². The minimum Gasteiger partial charge on any atom is -0.497 e. The molecular formula is C29H29N7O2. The Labute approximate surface area is 221 Å². The molecule has 4 heterocycles. The van der Waals surface area contributed by atoms with Crippen LogP contribution in [0.15, 0.2) is 79.4 Å². The normalized spacial score (nSPS) is 15.8. The lowest BCUT2D eigenvalue weighted by atomic mass is 9.97. The van der Waals surface area contributed by atoms with Crippen molar-refractivity contribution < 1.29 is 9.53 Å². The second kappa shape index (κ2) is 10.5. The predicted octanol–water partition coefficient (Wildman–Crippen LogP) is 3.39. The highest BCUT2D eigenvalue weighted by molar-refractivity contribution is 5.82. The van der Waals surface area contributed by atoms with E-state index >= 15 is 0 Å². The van der Waals surface area contributed by atoms with Crippen molar-refractivity contribution in [3.8, 4) is 28.3 Å². The predicted molar refractivity (Wildman–Crippen MR) is 146 cm³/mol. The fourth-order valence-corrected chi connectivity index (χ4v) is 4.96. The lowest BCUT2D eigenvalue weighted by molar-refractivity contribution is -0.136. The highest BCUT2D eigenvalue weighted by atomic mass is 16.5. The molecule has 1 amide bonds. The first-order valence-electron chi connectivity index (χ1n) is 12.8. The van der Waals surface area contributed by atoms with Crippen molar-refractivity contribution in [2.24, 2.45) is 5.92 Å². The molecule has 2 saturated heterocycles. The van der Waals surface area contributed by atoms with Crippen LogP contribution in [0.2, 0.25) is 0 Å². The van der Waals surface area contributed by atoms with Gasteiger partial charge in [-0.3, -0.25) is 4.79 Å². The van der Waals surface area contributed by atoms with E-state index in [1.807, 2.05) is 71.6 Å². The number of methoxy groups -OCH3 is 1. The van der Waals surface area contributed by atoms with E-state index in [-0.39, 0.29) is 11.8 Å². The fourth-order valence-electron chi connectivity index (χ4n) is 4.96. The van der Waals surface area contributed by atoms with Crippen molar-refractivity contribution >= 4 is 17.5 Å². The van der Waals surface area contributed by atoms with Crippen LogP contribution < -0.4 is 14.5 Å². The van der Waals surface area contributed by atoms with Crippen LogP contribution in [0.4, 0.5) is 11.6 Å². The molecular weight excluding hydrogens is 478 g/mol. The topological polar surface area (TPSA) is 87.6 Å². The van der Waals surface area contributed by atoms with Gasteiger partial charge in [0.05, 0.1) is 24.4 Å². The minimum absolute atomic E-state index is 0.00239. The van der Waals surface area contributed by atoms with E-state index < -0.39 is 0 Å². The third-order valence-corrected chi connectivity index (χ3v) is 7.23. The molecule has 0 unspecified atom stereocenters. The zero-order valence-corrected chi connectivity index (χ0v) is 21.3. The Hall–Kier alpha value is -4.53. The first-order valence-corrected chi connectivity index (χ1v) is 12.8. The number of hydrogen-bond donors (Lipinski definition) is 0. The first-order chi connectivity index (χ1) is 18.7. The molecule has 0 radical (unpaired) electrons. The van der Waals surface area contributed by atoms with Crippen LogP contribution >= 0.6 is 0 Å². The first kappa shape index (κ1) is 23.8. The van der Waals surface area contributed by atoms with E-state index in [2.05, 4.69) is 29.7 Å². The summed E-state index contributed by atoms with van der Waals surface area (Å²) in [5, 5.41) is 0. The number of piperazine rings is 1. The van der Waals surface area contributed by atoms with Crippen molar-refractivity contribution in [3.05, 3.63) is 79.4 Å². The molecule has 2 aromatic heterocycles. The molecule has 2 fully saturated rings. The molecule has 0 saturated carbocycles. The fraction of sp³-hybridized carbons (Fsp3) is 0.276. The minimum atomic E-state index is -0.00239. The number of aromatic nitrogens is 4. The number of carbonyl (C=O) groups excluding carboxylic acids is 1. The molecule has 9 nitrogen and oxygen atoms in total. The molecule has 192 valence electrons. The van der Waals surface area contributed by atoms with Gasteiger partial charge in [-0.2, -0.15) is 0 Å². The molecule has 2 aromatic carbocycles. The van der Waals surface area contributed by atoms with E-state index in [0.29, 0.717) is 26.2 Å². The van der Waals surface area contributed by atoms with Gasteiger partial charge in [0.15, 0.2) is 0 Å². The molecule has 4 aromatic rings. The second-order valence-corrected chi connectivity index (χ2v) is 9.53. The number of ether oxygens (including phenoxy) is 1. The summed E-state index contributed by atoms with van der Waals surface area (Å²) in [5.41, 5.74) is 3.83. The number of hydrogen-bond acceptors (Lipinski definition) is 8. The van der Waals surface area contributed by atoms with Crippen LogP contribution in [0.5, 0.6) is 5.75 Å². The van der Waals surface area contributed by atoms with Gasteiger partial charge in [0.2, 0.25) is 5.91 Å². The van der Waals surface area contributed by atoms with Gasteiger partial charge in [0, 0.05) is 62.5 Å². The van der Waals surface area contributed by atoms with Crippen molar-refractivity contribution in [1.82, 2.24) is 24.8 Å². The number of benzene rings is 2. The van der Waals surface area contributed by atoms with Gasteiger partial charge < -0.3 is 19.4 Å². The van der Waals surface area contributed by atoms with Crippen molar-refractivity contribution in [1.29, 1.82) is 0 Å². The van der Waals surface area contributed by atoms with Crippen LogP contribution in [-0.2, 0) is 4.79 Å². The molecule has 38 heavy (non-hydrogen) atoms. The van der Waals surface area contributed by atoms with Gasteiger partial charge in [0.25, 0.3) is 0 Å². The summed E-state index contributed by atoms with van der Waals surface area (Å²) in [5.74, 6) is 2.78. The third-order valence-electron chi connectivity index (χ3n) is 7.23.